The molecule has 1 heterocycles. The van der Waals surface area contributed by atoms with Crippen LogP contribution in [0.15, 0.2) is 36.4 Å². The Balaban J connectivity index is 2.26. The molecular weight excluding hydrogens is 246 g/mol. The summed E-state index contributed by atoms with van der Waals surface area (Å²) in [5.74, 6) is 3.72. The summed E-state index contributed by atoms with van der Waals surface area (Å²) in [7, 11) is 0. The Kier molecular flexibility index (Phi) is 3.41. The average molecular weight is 263 g/mol. The maximum absolute atomic E-state index is 5.50. The maximum atomic E-state index is 5.50. The fourth-order valence-electron chi connectivity index (χ4n) is 2.55. The van der Waals surface area contributed by atoms with Gasteiger partial charge in [0.2, 0.25) is 0 Å². The number of nitrogens with zero attached hydrogens (tertiary/aromatic N) is 2. The van der Waals surface area contributed by atoms with E-state index < -0.39 is 0 Å². The topological polar surface area (TPSA) is 29.9 Å². The van der Waals surface area contributed by atoms with E-state index in [0.29, 0.717) is 6.54 Å². The van der Waals surface area contributed by atoms with E-state index in [-0.39, 0.29) is 0 Å². The first-order valence-electron chi connectivity index (χ1n) is 6.86. The predicted molar refractivity (Wildman–Crippen MR) is 83.5 cm³/mol. The van der Waals surface area contributed by atoms with E-state index in [0.717, 1.165) is 29.9 Å². The third kappa shape index (κ3) is 2.04. The molecule has 3 rings (SSSR count). The van der Waals surface area contributed by atoms with Crippen LogP contribution in [0.25, 0.3) is 21.8 Å². The van der Waals surface area contributed by atoms with E-state index in [1.807, 2.05) is 12.1 Å². The van der Waals surface area contributed by atoms with Crippen molar-refractivity contribution in [1.82, 2.24) is 14.9 Å². The van der Waals surface area contributed by atoms with Crippen LogP contribution in [0.4, 0.5) is 0 Å². The van der Waals surface area contributed by atoms with Crippen molar-refractivity contribution in [1.29, 1.82) is 0 Å². The van der Waals surface area contributed by atoms with E-state index in [9.17, 15) is 0 Å². The number of rotatable bonds is 4. The van der Waals surface area contributed by atoms with Crippen molar-refractivity contribution in [3.8, 4) is 12.3 Å². The zero-order valence-electron chi connectivity index (χ0n) is 11.6. The molecular formula is C17H17N3. The molecule has 100 valence electrons. The minimum atomic E-state index is 0.551. The largest absolute Gasteiger partial charge is 0.315 e. The van der Waals surface area contributed by atoms with Crippen molar-refractivity contribution in [3.05, 3.63) is 42.2 Å². The third-order valence-electron chi connectivity index (χ3n) is 3.51. The van der Waals surface area contributed by atoms with Gasteiger partial charge in [0.25, 0.3) is 0 Å². The SMILES string of the molecule is C#CCn1c(CNCC)nc2c3ccccc3ccc21. The summed E-state index contributed by atoms with van der Waals surface area (Å²) < 4.78 is 2.12. The molecule has 3 aromatic rings. The summed E-state index contributed by atoms with van der Waals surface area (Å²) in [6.45, 7) is 4.29. The van der Waals surface area contributed by atoms with Gasteiger partial charge in [0.05, 0.1) is 24.1 Å². The molecule has 0 aliphatic heterocycles. The van der Waals surface area contributed by atoms with Crippen molar-refractivity contribution < 1.29 is 0 Å². The minimum Gasteiger partial charge on any atom is -0.315 e. The lowest BCUT2D eigenvalue weighted by molar-refractivity contribution is 0.656. The van der Waals surface area contributed by atoms with Gasteiger partial charge < -0.3 is 9.88 Å². The highest BCUT2D eigenvalue weighted by Gasteiger charge is 2.11. The van der Waals surface area contributed by atoms with Gasteiger partial charge in [-0.15, -0.1) is 6.42 Å². The first-order valence-corrected chi connectivity index (χ1v) is 6.86. The monoisotopic (exact) mass is 263 g/mol. The molecule has 0 saturated carbocycles. The van der Waals surface area contributed by atoms with E-state index in [1.54, 1.807) is 0 Å². The molecule has 3 heteroatoms. The Morgan fingerprint density at radius 1 is 1.25 bits per heavy atom. The van der Waals surface area contributed by atoms with E-state index in [1.165, 1.54) is 10.8 Å². The second-order valence-electron chi connectivity index (χ2n) is 4.75. The Bertz CT molecular complexity index is 793. The van der Waals surface area contributed by atoms with Crippen molar-refractivity contribution in [2.75, 3.05) is 6.54 Å². The lowest BCUT2D eigenvalue weighted by atomic mass is 10.1. The summed E-state index contributed by atoms with van der Waals surface area (Å²) in [5.41, 5.74) is 2.14. The summed E-state index contributed by atoms with van der Waals surface area (Å²) in [6, 6.07) is 12.6. The number of nitrogens with one attached hydrogen (secondary N) is 1. The molecule has 0 aliphatic rings. The number of terminal acetylenes is 1. The van der Waals surface area contributed by atoms with Crippen LogP contribution in [-0.2, 0) is 13.1 Å². The van der Waals surface area contributed by atoms with Crippen LogP contribution in [-0.4, -0.2) is 16.1 Å². The van der Waals surface area contributed by atoms with Gasteiger partial charge >= 0.3 is 0 Å². The van der Waals surface area contributed by atoms with Crippen LogP contribution in [0, 0.1) is 12.3 Å². The zero-order chi connectivity index (χ0) is 13.9. The molecule has 20 heavy (non-hydrogen) atoms. The number of benzene rings is 2. The molecule has 1 N–H and O–H groups in total. The van der Waals surface area contributed by atoms with Crippen LogP contribution in [0.2, 0.25) is 0 Å². The minimum absolute atomic E-state index is 0.551. The number of hydrogen-bond acceptors (Lipinski definition) is 2. The van der Waals surface area contributed by atoms with Gasteiger partial charge in [-0.2, -0.15) is 0 Å². The highest BCUT2D eigenvalue weighted by atomic mass is 15.1. The Hall–Kier alpha value is -2.31. The Morgan fingerprint density at radius 2 is 2.10 bits per heavy atom. The molecule has 2 aromatic carbocycles. The van der Waals surface area contributed by atoms with Crippen molar-refractivity contribution >= 4 is 21.8 Å². The Labute approximate surface area is 118 Å². The van der Waals surface area contributed by atoms with Crippen LogP contribution in [0.5, 0.6) is 0 Å². The first kappa shape index (κ1) is 12.7. The fraction of sp³-hybridized carbons (Fsp3) is 0.235. The maximum Gasteiger partial charge on any atom is 0.124 e. The van der Waals surface area contributed by atoms with Crippen LogP contribution in [0.3, 0.4) is 0 Å². The summed E-state index contributed by atoms with van der Waals surface area (Å²) >= 11 is 0. The van der Waals surface area contributed by atoms with Gasteiger partial charge in [0.15, 0.2) is 0 Å². The highest BCUT2D eigenvalue weighted by Crippen LogP contribution is 2.25. The summed E-state index contributed by atoms with van der Waals surface area (Å²) in [4.78, 5) is 4.80. The van der Waals surface area contributed by atoms with Crippen molar-refractivity contribution in [2.24, 2.45) is 0 Å². The van der Waals surface area contributed by atoms with Crippen molar-refractivity contribution in [3.63, 3.8) is 0 Å². The molecule has 1 aromatic heterocycles. The normalized spacial score (nSPS) is 11.0. The molecule has 0 unspecified atom stereocenters. The average Bonchev–Trinajstić information content (AvgIpc) is 2.84. The summed E-state index contributed by atoms with van der Waals surface area (Å²) in [6.07, 6.45) is 5.50. The quantitative estimate of drug-likeness (QED) is 0.733. The molecule has 0 saturated heterocycles. The number of imidazole rings is 1. The zero-order valence-corrected chi connectivity index (χ0v) is 11.6. The van der Waals surface area contributed by atoms with Gasteiger partial charge in [-0.25, -0.2) is 4.98 Å². The first-order chi connectivity index (χ1) is 9.85. The lowest BCUT2D eigenvalue weighted by Crippen LogP contribution is -2.16. The number of hydrogen-bond donors (Lipinski definition) is 1. The van der Waals surface area contributed by atoms with E-state index in [4.69, 9.17) is 11.4 Å². The standard InChI is InChI=1S/C17H17N3/c1-3-11-20-15-10-9-13-7-5-6-8-14(13)17(15)19-16(20)12-18-4-2/h1,5-10,18H,4,11-12H2,2H3. The van der Waals surface area contributed by atoms with Crippen molar-refractivity contribution in [2.45, 2.75) is 20.0 Å². The third-order valence-corrected chi connectivity index (χ3v) is 3.51. The fourth-order valence-corrected chi connectivity index (χ4v) is 2.55. The van der Waals surface area contributed by atoms with E-state index >= 15 is 0 Å². The van der Waals surface area contributed by atoms with E-state index in [2.05, 4.69) is 47.0 Å². The predicted octanol–water partition coefficient (Wildman–Crippen LogP) is 2.93. The van der Waals surface area contributed by atoms with Gasteiger partial charge in [-0.05, 0) is 18.0 Å². The molecule has 0 amide bonds. The van der Waals surface area contributed by atoms with Gasteiger partial charge in [0, 0.05) is 5.39 Å². The van der Waals surface area contributed by atoms with Gasteiger partial charge in [-0.3, -0.25) is 0 Å². The number of aromatic nitrogens is 2. The van der Waals surface area contributed by atoms with Crippen LogP contribution < -0.4 is 5.32 Å². The molecule has 3 nitrogen and oxygen atoms in total. The Morgan fingerprint density at radius 3 is 2.90 bits per heavy atom. The molecule has 0 radical (unpaired) electrons. The van der Waals surface area contributed by atoms with Gasteiger partial charge in [-0.1, -0.05) is 43.2 Å². The second kappa shape index (κ2) is 5.36. The highest BCUT2D eigenvalue weighted by molar-refractivity contribution is 6.04. The molecule has 0 aliphatic carbocycles. The molecule has 0 atom stereocenters. The van der Waals surface area contributed by atoms with Gasteiger partial charge in [0.1, 0.15) is 5.82 Å². The molecule has 0 spiro atoms. The smallest absolute Gasteiger partial charge is 0.124 e. The second-order valence-corrected chi connectivity index (χ2v) is 4.75. The molecule has 0 bridgehead atoms. The lowest BCUT2D eigenvalue weighted by Gasteiger charge is -2.05. The molecule has 0 fully saturated rings. The summed E-state index contributed by atoms with van der Waals surface area (Å²) in [5, 5.41) is 5.71. The van der Waals surface area contributed by atoms with Crippen LogP contribution >= 0.6 is 0 Å². The van der Waals surface area contributed by atoms with Crippen LogP contribution in [0.1, 0.15) is 12.7 Å². The number of fused-ring (bicyclic) bond motifs is 3.